The van der Waals surface area contributed by atoms with Gasteiger partial charge in [-0.3, -0.25) is 4.90 Å². The topological polar surface area (TPSA) is 38.5 Å². The zero-order valence-corrected chi connectivity index (χ0v) is 13.0. The molecule has 0 aromatic heterocycles. The number of hydrogen-bond donors (Lipinski definition) is 1. The lowest BCUT2D eigenvalue weighted by molar-refractivity contribution is 0.0904. The molecule has 110 valence electrons. The van der Waals surface area contributed by atoms with E-state index in [1.165, 1.54) is 42.1 Å². The van der Waals surface area contributed by atoms with Crippen LogP contribution in [0.25, 0.3) is 0 Å². The van der Waals surface area contributed by atoms with E-state index < -0.39 is 0 Å². The first-order chi connectivity index (χ1) is 9.77. The summed E-state index contributed by atoms with van der Waals surface area (Å²) < 4.78 is 5.38. The molecule has 0 amide bonds. The number of methoxy groups -OCH3 is 1. The van der Waals surface area contributed by atoms with Crippen LogP contribution in [0.15, 0.2) is 18.2 Å². The number of thioether (sulfide) groups is 1. The fraction of sp³-hybridized carbons (Fsp3) is 0.625. The summed E-state index contributed by atoms with van der Waals surface area (Å²) in [6.45, 7) is 3.12. The predicted molar refractivity (Wildman–Crippen MR) is 85.7 cm³/mol. The van der Waals surface area contributed by atoms with Crippen LogP contribution in [0.2, 0.25) is 0 Å². The minimum Gasteiger partial charge on any atom is -0.497 e. The van der Waals surface area contributed by atoms with Crippen molar-refractivity contribution in [1.29, 1.82) is 0 Å². The van der Waals surface area contributed by atoms with Crippen molar-refractivity contribution in [2.45, 2.75) is 24.8 Å². The average Bonchev–Trinajstić information content (AvgIpc) is 2.54. The van der Waals surface area contributed by atoms with Crippen molar-refractivity contribution in [2.24, 2.45) is 5.73 Å². The number of nitrogens with two attached hydrogens (primary N) is 1. The van der Waals surface area contributed by atoms with Crippen LogP contribution in [0.5, 0.6) is 5.75 Å². The van der Waals surface area contributed by atoms with Crippen LogP contribution in [0.1, 0.15) is 17.5 Å². The van der Waals surface area contributed by atoms with E-state index in [1.54, 1.807) is 7.11 Å². The van der Waals surface area contributed by atoms with Crippen LogP contribution in [0.4, 0.5) is 0 Å². The Morgan fingerprint density at radius 2 is 2.10 bits per heavy atom. The predicted octanol–water partition coefficient (Wildman–Crippen LogP) is 1.93. The smallest absolute Gasteiger partial charge is 0.119 e. The summed E-state index contributed by atoms with van der Waals surface area (Å²) in [5.74, 6) is 3.45. The molecule has 1 unspecified atom stereocenters. The van der Waals surface area contributed by atoms with Gasteiger partial charge in [-0.25, -0.2) is 0 Å². The molecule has 0 saturated carbocycles. The molecule has 2 N–H and O–H groups in total. The summed E-state index contributed by atoms with van der Waals surface area (Å²) in [5.41, 5.74) is 9.29. The van der Waals surface area contributed by atoms with Crippen molar-refractivity contribution in [1.82, 2.24) is 4.90 Å². The lowest BCUT2D eigenvalue weighted by atomic mass is 9.76. The van der Waals surface area contributed by atoms with Gasteiger partial charge < -0.3 is 10.5 Å². The quantitative estimate of drug-likeness (QED) is 0.924. The number of ether oxygens (including phenoxy) is 1. The maximum atomic E-state index is 6.22. The van der Waals surface area contributed by atoms with Crippen molar-refractivity contribution < 1.29 is 4.74 Å². The van der Waals surface area contributed by atoms with E-state index in [0.29, 0.717) is 0 Å². The Balaban J connectivity index is 1.87. The summed E-state index contributed by atoms with van der Waals surface area (Å²) >= 11 is 2.06. The van der Waals surface area contributed by atoms with E-state index in [1.807, 2.05) is 0 Å². The van der Waals surface area contributed by atoms with E-state index in [2.05, 4.69) is 34.9 Å². The second-order valence-corrected chi connectivity index (χ2v) is 7.06. The van der Waals surface area contributed by atoms with Crippen LogP contribution < -0.4 is 10.5 Å². The normalized spacial score (nSPS) is 27.1. The van der Waals surface area contributed by atoms with Crippen LogP contribution in [0, 0.1) is 0 Å². The molecule has 1 atom stereocenters. The number of hydrogen-bond acceptors (Lipinski definition) is 4. The highest BCUT2D eigenvalue weighted by Gasteiger charge is 2.39. The SMILES string of the molecule is COc1ccc2c(c1)CC(CN)(N1CCSCC1)CC2. The highest BCUT2D eigenvalue weighted by molar-refractivity contribution is 7.99. The van der Waals surface area contributed by atoms with Gasteiger partial charge in [-0.05, 0) is 42.5 Å². The molecule has 3 nitrogen and oxygen atoms in total. The molecule has 0 bridgehead atoms. The fourth-order valence-electron chi connectivity index (χ4n) is 3.56. The molecule has 1 saturated heterocycles. The molecular formula is C16H24N2OS. The number of benzene rings is 1. The Labute approximate surface area is 125 Å². The van der Waals surface area contributed by atoms with E-state index in [4.69, 9.17) is 10.5 Å². The number of fused-ring (bicyclic) bond motifs is 1. The second-order valence-electron chi connectivity index (χ2n) is 5.84. The Kier molecular flexibility index (Phi) is 4.24. The summed E-state index contributed by atoms with van der Waals surface area (Å²) in [7, 11) is 1.74. The summed E-state index contributed by atoms with van der Waals surface area (Å²) in [6.07, 6.45) is 3.40. The van der Waals surface area contributed by atoms with Crippen molar-refractivity contribution in [3.63, 3.8) is 0 Å². The average molecular weight is 292 g/mol. The van der Waals surface area contributed by atoms with Crippen molar-refractivity contribution in [3.05, 3.63) is 29.3 Å². The molecule has 1 heterocycles. The van der Waals surface area contributed by atoms with E-state index in [-0.39, 0.29) is 5.54 Å². The minimum atomic E-state index is 0.167. The molecule has 1 fully saturated rings. The molecule has 4 heteroatoms. The number of nitrogens with zero attached hydrogens (tertiary/aromatic N) is 1. The summed E-state index contributed by atoms with van der Waals surface area (Å²) in [6, 6.07) is 6.50. The molecule has 2 aliphatic rings. The highest BCUT2D eigenvalue weighted by atomic mass is 32.2. The Bertz CT molecular complexity index is 474. The Morgan fingerprint density at radius 1 is 1.30 bits per heavy atom. The van der Waals surface area contributed by atoms with Gasteiger partial charge in [0.05, 0.1) is 7.11 Å². The molecule has 0 radical (unpaired) electrons. The molecular weight excluding hydrogens is 268 g/mol. The van der Waals surface area contributed by atoms with Crippen molar-refractivity contribution >= 4 is 11.8 Å². The van der Waals surface area contributed by atoms with Gasteiger partial charge in [-0.2, -0.15) is 11.8 Å². The molecule has 20 heavy (non-hydrogen) atoms. The van der Waals surface area contributed by atoms with Crippen LogP contribution in [-0.4, -0.2) is 48.7 Å². The first-order valence-corrected chi connectivity index (χ1v) is 8.61. The van der Waals surface area contributed by atoms with E-state index >= 15 is 0 Å². The van der Waals surface area contributed by atoms with Gasteiger partial charge >= 0.3 is 0 Å². The van der Waals surface area contributed by atoms with Gasteiger partial charge in [0, 0.05) is 36.7 Å². The third-order valence-electron chi connectivity index (χ3n) is 4.85. The highest BCUT2D eigenvalue weighted by Crippen LogP contribution is 2.35. The summed E-state index contributed by atoms with van der Waals surface area (Å²) in [4.78, 5) is 2.64. The Morgan fingerprint density at radius 3 is 2.80 bits per heavy atom. The van der Waals surface area contributed by atoms with Gasteiger partial charge in [0.15, 0.2) is 0 Å². The maximum Gasteiger partial charge on any atom is 0.119 e. The van der Waals surface area contributed by atoms with Crippen LogP contribution in [0.3, 0.4) is 0 Å². The van der Waals surface area contributed by atoms with Crippen molar-refractivity contribution in [3.8, 4) is 5.75 Å². The van der Waals surface area contributed by atoms with Gasteiger partial charge in [0.1, 0.15) is 5.75 Å². The molecule has 1 aliphatic heterocycles. The second kappa shape index (κ2) is 5.96. The Hall–Kier alpha value is -0.710. The van der Waals surface area contributed by atoms with E-state index in [9.17, 15) is 0 Å². The van der Waals surface area contributed by atoms with Crippen LogP contribution >= 0.6 is 11.8 Å². The molecule has 1 aromatic rings. The lowest BCUT2D eigenvalue weighted by Gasteiger charge is -2.48. The zero-order valence-electron chi connectivity index (χ0n) is 12.2. The van der Waals surface area contributed by atoms with Gasteiger partial charge in [-0.1, -0.05) is 6.07 Å². The number of rotatable bonds is 3. The van der Waals surface area contributed by atoms with Crippen molar-refractivity contribution in [2.75, 3.05) is 38.2 Å². The first-order valence-electron chi connectivity index (χ1n) is 7.46. The molecule has 0 spiro atoms. The zero-order chi connectivity index (χ0) is 14.0. The van der Waals surface area contributed by atoms with Crippen LogP contribution in [-0.2, 0) is 12.8 Å². The standard InChI is InChI=1S/C16H24N2OS/c1-19-15-3-2-13-4-5-16(12-17,11-14(13)10-15)18-6-8-20-9-7-18/h2-3,10H,4-9,11-12,17H2,1H3. The van der Waals surface area contributed by atoms with E-state index in [0.717, 1.165) is 25.1 Å². The van der Waals surface area contributed by atoms with Gasteiger partial charge in [0.25, 0.3) is 0 Å². The first kappa shape index (κ1) is 14.2. The largest absolute Gasteiger partial charge is 0.497 e. The summed E-state index contributed by atoms with van der Waals surface area (Å²) in [5, 5.41) is 0. The third-order valence-corrected chi connectivity index (χ3v) is 5.80. The third kappa shape index (κ3) is 2.57. The van der Waals surface area contributed by atoms with Gasteiger partial charge in [0.2, 0.25) is 0 Å². The number of aryl methyl sites for hydroxylation is 1. The lowest BCUT2D eigenvalue weighted by Crippen LogP contribution is -2.59. The molecule has 1 aromatic carbocycles. The fourth-order valence-corrected chi connectivity index (χ4v) is 4.46. The maximum absolute atomic E-state index is 6.22. The molecule has 1 aliphatic carbocycles. The monoisotopic (exact) mass is 292 g/mol. The van der Waals surface area contributed by atoms with Gasteiger partial charge in [-0.15, -0.1) is 0 Å². The minimum absolute atomic E-state index is 0.167. The molecule has 3 rings (SSSR count).